The van der Waals surface area contributed by atoms with Crippen LogP contribution in [0.25, 0.3) is 6.08 Å². The van der Waals surface area contributed by atoms with Gasteiger partial charge >= 0.3 is 0 Å². The Morgan fingerprint density at radius 1 is 1.24 bits per heavy atom. The summed E-state index contributed by atoms with van der Waals surface area (Å²) < 4.78 is 6.72. The number of ether oxygens (including phenoxy) is 1. The van der Waals surface area contributed by atoms with E-state index in [-0.39, 0.29) is 36.7 Å². The summed E-state index contributed by atoms with van der Waals surface area (Å²) in [6.45, 7) is 4.14. The number of benzene rings is 1. The average molecular weight is 414 g/mol. The molecule has 1 N–H and O–H groups in total. The Morgan fingerprint density at radius 3 is 2.59 bits per heavy atom. The molecule has 1 aromatic heterocycles. The molecule has 1 aliphatic heterocycles. The lowest BCUT2D eigenvalue weighted by atomic mass is 10.2. The molecule has 3 rings (SSSR count). The maximum atomic E-state index is 12.5. The first-order valence-corrected chi connectivity index (χ1v) is 9.86. The van der Waals surface area contributed by atoms with E-state index in [0.717, 1.165) is 33.6 Å². The summed E-state index contributed by atoms with van der Waals surface area (Å²) in [6.07, 6.45) is 1.67. The van der Waals surface area contributed by atoms with Gasteiger partial charge in [0, 0.05) is 18.8 Å². The van der Waals surface area contributed by atoms with Crippen LogP contribution in [0.15, 0.2) is 35.2 Å². The van der Waals surface area contributed by atoms with Crippen LogP contribution in [-0.2, 0) is 16.1 Å². The maximum Gasteiger partial charge on any atom is 0.293 e. The van der Waals surface area contributed by atoms with E-state index in [0.29, 0.717) is 10.7 Å². The predicted octanol–water partition coefficient (Wildman–Crippen LogP) is 2.36. The molecule has 0 bridgehead atoms. The van der Waals surface area contributed by atoms with Crippen LogP contribution >= 0.6 is 11.8 Å². The monoisotopic (exact) mass is 414 g/mol. The lowest BCUT2D eigenvalue weighted by Crippen LogP contribution is -2.38. The van der Waals surface area contributed by atoms with Gasteiger partial charge in [-0.15, -0.1) is 0 Å². The molecule has 0 unspecified atom stereocenters. The minimum Gasteiger partial charge on any atom is -0.497 e. The van der Waals surface area contributed by atoms with E-state index in [9.17, 15) is 14.4 Å². The van der Waals surface area contributed by atoms with Crippen molar-refractivity contribution in [3.05, 3.63) is 52.2 Å². The summed E-state index contributed by atoms with van der Waals surface area (Å²) in [4.78, 5) is 38.3. The van der Waals surface area contributed by atoms with Gasteiger partial charge in [-0.1, -0.05) is 12.1 Å². The highest BCUT2D eigenvalue weighted by molar-refractivity contribution is 8.18. The summed E-state index contributed by atoms with van der Waals surface area (Å²) >= 11 is 0.893. The van der Waals surface area contributed by atoms with Crippen LogP contribution in [0.3, 0.4) is 0 Å². The minimum absolute atomic E-state index is 0.0962. The number of amides is 3. The Bertz CT molecular complexity index is 965. The summed E-state index contributed by atoms with van der Waals surface area (Å²) in [6, 6.07) is 9.09. The van der Waals surface area contributed by atoms with Gasteiger partial charge in [-0.3, -0.25) is 24.0 Å². The molecule has 0 atom stereocenters. The standard InChI is InChI=1S/C20H22N4O4S/c1-13-10-14(2)24(22-13)12-18(25)21-8-9-23-19(26)17(29-20(23)27)11-15-4-6-16(28-3)7-5-15/h4-7,10-11H,8-9,12H2,1-3H3,(H,21,25)/b17-11-. The first-order valence-electron chi connectivity index (χ1n) is 9.04. The molecule has 29 heavy (non-hydrogen) atoms. The molecule has 1 saturated heterocycles. The average Bonchev–Trinajstić information content (AvgIpc) is 3.14. The van der Waals surface area contributed by atoms with Gasteiger partial charge < -0.3 is 10.1 Å². The quantitative estimate of drug-likeness (QED) is 0.699. The number of carbonyl (C=O) groups is 3. The number of nitrogens with zero attached hydrogens (tertiary/aromatic N) is 3. The molecular formula is C20H22N4O4S. The van der Waals surface area contributed by atoms with Gasteiger partial charge in [0.25, 0.3) is 11.1 Å². The molecule has 3 amide bonds. The second kappa shape index (κ2) is 8.95. The van der Waals surface area contributed by atoms with Crippen LogP contribution < -0.4 is 10.1 Å². The van der Waals surface area contributed by atoms with E-state index in [2.05, 4.69) is 10.4 Å². The first-order chi connectivity index (χ1) is 13.9. The third kappa shape index (κ3) is 5.05. The molecule has 0 spiro atoms. The van der Waals surface area contributed by atoms with E-state index in [1.165, 1.54) is 0 Å². The zero-order chi connectivity index (χ0) is 21.0. The van der Waals surface area contributed by atoms with Crippen molar-refractivity contribution < 1.29 is 19.1 Å². The summed E-state index contributed by atoms with van der Waals surface area (Å²) in [5, 5.41) is 6.62. The van der Waals surface area contributed by atoms with Crippen LogP contribution in [-0.4, -0.2) is 51.9 Å². The van der Waals surface area contributed by atoms with Crippen LogP contribution in [0.4, 0.5) is 4.79 Å². The fourth-order valence-electron chi connectivity index (χ4n) is 2.88. The molecule has 2 aromatic rings. The number of hydrogen-bond donors (Lipinski definition) is 1. The van der Waals surface area contributed by atoms with Crippen LogP contribution in [0.5, 0.6) is 5.75 Å². The predicted molar refractivity (Wildman–Crippen MR) is 110 cm³/mol. The van der Waals surface area contributed by atoms with Crippen molar-refractivity contribution in [2.45, 2.75) is 20.4 Å². The van der Waals surface area contributed by atoms with E-state index >= 15 is 0 Å². The Labute approximate surface area is 172 Å². The molecule has 8 nitrogen and oxygen atoms in total. The zero-order valence-corrected chi connectivity index (χ0v) is 17.3. The highest BCUT2D eigenvalue weighted by atomic mass is 32.2. The minimum atomic E-state index is -0.358. The number of imide groups is 1. The van der Waals surface area contributed by atoms with Gasteiger partial charge in [0.05, 0.1) is 17.7 Å². The van der Waals surface area contributed by atoms with Gasteiger partial charge in [-0.2, -0.15) is 5.10 Å². The number of methoxy groups -OCH3 is 1. The second-order valence-electron chi connectivity index (χ2n) is 6.54. The highest BCUT2D eigenvalue weighted by Crippen LogP contribution is 2.32. The van der Waals surface area contributed by atoms with Crippen molar-refractivity contribution >= 4 is 34.9 Å². The smallest absolute Gasteiger partial charge is 0.293 e. The van der Waals surface area contributed by atoms with Crippen LogP contribution in [0.2, 0.25) is 0 Å². The van der Waals surface area contributed by atoms with Crippen LogP contribution in [0, 0.1) is 13.8 Å². The summed E-state index contributed by atoms with van der Waals surface area (Å²) in [5.74, 6) is 0.132. The molecule has 152 valence electrons. The Morgan fingerprint density at radius 2 is 1.97 bits per heavy atom. The van der Waals surface area contributed by atoms with Gasteiger partial charge in [-0.05, 0) is 55.4 Å². The Balaban J connectivity index is 1.53. The normalized spacial score (nSPS) is 15.3. The fourth-order valence-corrected chi connectivity index (χ4v) is 3.74. The Hall–Kier alpha value is -3.07. The third-order valence-corrected chi connectivity index (χ3v) is 5.25. The van der Waals surface area contributed by atoms with Crippen molar-refractivity contribution in [1.82, 2.24) is 20.0 Å². The molecule has 9 heteroatoms. The molecule has 0 aliphatic carbocycles. The highest BCUT2D eigenvalue weighted by Gasteiger charge is 2.34. The molecule has 2 heterocycles. The second-order valence-corrected chi connectivity index (χ2v) is 7.53. The van der Waals surface area contributed by atoms with E-state index in [1.807, 2.05) is 32.0 Å². The topological polar surface area (TPSA) is 93.5 Å². The zero-order valence-electron chi connectivity index (χ0n) is 16.5. The molecule has 1 fully saturated rings. The molecule has 1 aliphatic rings. The number of aryl methyl sites for hydroxylation is 2. The van der Waals surface area contributed by atoms with E-state index in [4.69, 9.17) is 4.74 Å². The molecule has 0 radical (unpaired) electrons. The number of carbonyl (C=O) groups excluding carboxylic acids is 3. The number of thioether (sulfide) groups is 1. The number of aromatic nitrogens is 2. The number of rotatable bonds is 7. The van der Waals surface area contributed by atoms with Crippen molar-refractivity contribution in [2.75, 3.05) is 20.2 Å². The van der Waals surface area contributed by atoms with Gasteiger partial charge in [0.2, 0.25) is 5.91 Å². The Kier molecular flexibility index (Phi) is 6.38. The lowest BCUT2D eigenvalue weighted by Gasteiger charge is -2.13. The molecular weight excluding hydrogens is 392 g/mol. The molecule has 0 saturated carbocycles. The largest absolute Gasteiger partial charge is 0.497 e. The number of hydrogen-bond acceptors (Lipinski definition) is 6. The first kappa shape index (κ1) is 20.7. The lowest BCUT2D eigenvalue weighted by molar-refractivity contribution is -0.124. The molecule has 1 aromatic carbocycles. The van der Waals surface area contributed by atoms with Crippen molar-refractivity contribution in [3.8, 4) is 5.75 Å². The van der Waals surface area contributed by atoms with Crippen molar-refractivity contribution in [1.29, 1.82) is 0 Å². The summed E-state index contributed by atoms with van der Waals surface area (Å²) in [5.41, 5.74) is 2.54. The van der Waals surface area contributed by atoms with Gasteiger partial charge in [-0.25, -0.2) is 0 Å². The SMILES string of the molecule is COc1ccc(/C=C2\SC(=O)N(CCNC(=O)Cn3nc(C)cc3C)C2=O)cc1. The fraction of sp³-hybridized carbons (Fsp3) is 0.300. The van der Waals surface area contributed by atoms with E-state index < -0.39 is 0 Å². The van der Waals surface area contributed by atoms with Crippen LogP contribution in [0.1, 0.15) is 17.0 Å². The maximum absolute atomic E-state index is 12.5. The van der Waals surface area contributed by atoms with Crippen molar-refractivity contribution in [3.63, 3.8) is 0 Å². The van der Waals surface area contributed by atoms with Gasteiger partial charge in [0.15, 0.2) is 0 Å². The summed E-state index contributed by atoms with van der Waals surface area (Å²) in [7, 11) is 1.58. The third-order valence-electron chi connectivity index (χ3n) is 4.34. The van der Waals surface area contributed by atoms with E-state index in [1.54, 1.807) is 30.0 Å². The van der Waals surface area contributed by atoms with Crippen molar-refractivity contribution in [2.24, 2.45) is 0 Å². The van der Waals surface area contributed by atoms with Gasteiger partial charge in [0.1, 0.15) is 12.3 Å². The number of nitrogens with one attached hydrogen (secondary N) is 1.